The molecule has 0 heterocycles. The van der Waals surface area contributed by atoms with Gasteiger partial charge in [0.1, 0.15) is 5.82 Å². The molecule has 0 aliphatic carbocycles. The number of amides is 1. The number of nitrogens with two attached hydrogens (primary N) is 1. The van der Waals surface area contributed by atoms with Crippen molar-refractivity contribution in [2.24, 2.45) is 0 Å². The molecule has 106 valence electrons. The van der Waals surface area contributed by atoms with Crippen molar-refractivity contribution < 1.29 is 9.18 Å². The third-order valence-electron chi connectivity index (χ3n) is 2.95. The van der Waals surface area contributed by atoms with Gasteiger partial charge in [-0.05, 0) is 52.2 Å². The van der Waals surface area contributed by atoms with Crippen molar-refractivity contribution in [2.45, 2.75) is 13.3 Å². The van der Waals surface area contributed by atoms with Gasteiger partial charge in [0.2, 0.25) is 0 Å². The Balaban J connectivity index is 2.69. The zero-order valence-electron chi connectivity index (χ0n) is 11.8. The number of nitrogens with zero attached hydrogens (tertiary/aromatic N) is 2. The van der Waals surface area contributed by atoms with Gasteiger partial charge in [-0.1, -0.05) is 0 Å². The molecule has 0 spiro atoms. The van der Waals surface area contributed by atoms with Gasteiger partial charge in [-0.2, -0.15) is 0 Å². The quantitative estimate of drug-likeness (QED) is 0.800. The third-order valence-corrected chi connectivity index (χ3v) is 2.95. The largest absolute Gasteiger partial charge is 0.396 e. The highest BCUT2D eigenvalue weighted by atomic mass is 19.1. The maximum atomic E-state index is 13.1. The van der Waals surface area contributed by atoms with Gasteiger partial charge in [0.05, 0.1) is 5.69 Å². The van der Waals surface area contributed by atoms with Crippen LogP contribution in [0.5, 0.6) is 0 Å². The minimum absolute atomic E-state index is 0.00944. The molecule has 1 rings (SSSR count). The van der Waals surface area contributed by atoms with Gasteiger partial charge in [0, 0.05) is 18.7 Å². The lowest BCUT2D eigenvalue weighted by atomic mass is 10.1. The summed E-state index contributed by atoms with van der Waals surface area (Å²) < 4.78 is 13.1. The first kappa shape index (κ1) is 15.4. The van der Waals surface area contributed by atoms with Crippen LogP contribution in [0.15, 0.2) is 18.2 Å². The molecule has 0 radical (unpaired) electrons. The van der Waals surface area contributed by atoms with E-state index < -0.39 is 5.82 Å². The predicted octanol–water partition coefficient (Wildman–Crippen LogP) is 1.82. The molecule has 0 atom stereocenters. The van der Waals surface area contributed by atoms with Crippen molar-refractivity contribution in [3.63, 3.8) is 0 Å². The SMILES string of the molecule is CCN(CCCN(C)C)C(=O)c1ccc(F)c(N)c1. The van der Waals surface area contributed by atoms with Gasteiger partial charge in [-0.3, -0.25) is 4.79 Å². The van der Waals surface area contributed by atoms with E-state index in [4.69, 9.17) is 5.73 Å². The highest BCUT2D eigenvalue weighted by Crippen LogP contribution is 2.14. The summed E-state index contributed by atoms with van der Waals surface area (Å²) in [4.78, 5) is 16.1. The monoisotopic (exact) mass is 267 g/mol. The van der Waals surface area contributed by atoms with Crippen LogP contribution in [0.3, 0.4) is 0 Å². The van der Waals surface area contributed by atoms with Crippen LogP contribution in [0.1, 0.15) is 23.7 Å². The second kappa shape index (κ2) is 7.09. The number of carbonyl (C=O) groups is 1. The van der Waals surface area contributed by atoms with E-state index in [1.54, 1.807) is 4.90 Å². The summed E-state index contributed by atoms with van der Waals surface area (Å²) in [6.07, 6.45) is 0.906. The number of benzene rings is 1. The van der Waals surface area contributed by atoms with Crippen molar-refractivity contribution in [3.8, 4) is 0 Å². The Bertz CT molecular complexity index is 435. The highest BCUT2D eigenvalue weighted by molar-refractivity contribution is 5.95. The Morgan fingerprint density at radius 1 is 1.32 bits per heavy atom. The Morgan fingerprint density at radius 2 is 2.00 bits per heavy atom. The Hall–Kier alpha value is -1.62. The minimum atomic E-state index is -0.493. The number of halogens is 1. The predicted molar refractivity (Wildman–Crippen MR) is 75.6 cm³/mol. The number of anilines is 1. The summed E-state index contributed by atoms with van der Waals surface area (Å²) in [5.74, 6) is -0.597. The molecule has 0 saturated heterocycles. The lowest BCUT2D eigenvalue weighted by Crippen LogP contribution is -2.33. The van der Waals surface area contributed by atoms with Gasteiger partial charge in [0.25, 0.3) is 5.91 Å². The summed E-state index contributed by atoms with van der Waals surface area (Å²) in [5.41, 5.74) is 5.93. The zero-order valence-corrected chi connectivity index (χ0v) is 11.8. The maximum absolute atomic E-state index is 13.1. The molecule has 4 nitrogen and oxygen atoms in total. The van der Waals surface area contributed by atoms with Crippen LogP contribution < -0.4 is 5.73 Å². The van der Waals surface area contributed by atoms with E-state index in [0.29, 0.717) is 18.7 Å². The fourth-order valence-corrected chi connectivity index (χ4v) is 1.84. The molecule has 0 bridgehead atoms. The molecule has 0 saturated carbocycles. The van der Waals surface area contributed by atoms with E-state index in [-0.39, 0.29) is 11.6 Å². The Kier molecular flexibility index (Phi) is 5.76. The maximum Gasteiger partial charge on any atom is 0.253 e. The van der Waals surface area contributed by atoms with Crippen molar-refractivity contribution in [3.05, 3.63) is 29.6 Å². The van der Waals surface area contributed by atoms with Crippen molar-refractivity contribution >= 4 is 11.6 Å². The molecule has 1 aromatic carbocycles. The molecule has 5 heteroatoms. The number of hydrogen-bond acceptors (Lipinski definition) is 3. The van der Waals surface area contributed by atoms with Crippen LogP contribution in [0, 0.1) is 5.82 Å². The zero-order chi connectivity index (χ0) is 14.4. The van der Waals surface area contributed by atoms with Gasteiger partial charge >= 0.3 is 0 Å². The third kappa shape index (κ3) is 4.52. The van der Waals surface area contributed by atoms with E-state index in [1.165, 1.54) is 18.2 Å². The van der Waals surface area contributed by atoms with Crippen molar-refractivity contribution in [2.75, 3.05) is 39.5 Å². The van der Waals surface area contributed by atoms with Gasteiger partial charge in [-0.25, -0.2) is 4.39 Å². The second-order valence-corrected chi connectivity index (χ2v) is 4.78. The molecule has 2 N–H and O–H groups in total. The first-order chi connectivity index (χ1) is 8.95. The minimum Gasteiger partial charge on any atom is -0.396 e. The molecule has 0 aromatic heterocycles. The average molecular weight is 267 g/mol. The highest BCUT2D eigenvalue weighted by Gasteiger charge is 2.15. The number of carbonyl (C=O) groups excluding carboxylic acids is 1. The van der Waals surface area contributed by atoms with Crippen LogP contribution in [-0.4, -0.2) is 49.4 Å². The summed E-state index contributed by atoms with van der Waals surface area (Å²) in [6, 6.07) is 4.10. The molecular weight excluding hydrogens is 245 g/mol. The molecular formula is C14H22FN3O. The lowest BCUT2D eigenvalue weighted by molar-refractivity contribution is 0.0759. The molecule has 0 aliphatic rings. The van der Waals surface area contributed by atoms with Crippen LogP contribution in [-0.2, 0) is 0 Å². The number of rotatable bonds is 6. The van der Waals surface area contributed by atoms with Gasteiger partial charge < -0.3 is 15.5 Å². The number of nitrogen functional groups attached to an aromatic ring is 1. The van der Waals surface area contributed by atoms with Crippen molar-refractivity contribution in [1.82, 2.24) is 9.80 Å². The summed E-state index contributed by atoms with van der Waals surface area (Å²) in [6.45, 7) is 4.17. The first-order valence-electron chi connectivity index (χ1n) is 6.44. The van der Waals surface area contributed by atoms with Crippen molar-refractivity contribution in [1.29, 1.82) is 0 Å². The summed E-state index contributed by atoms with van der Waals surface area (Å²) in [7, 11) is 4.00. The standard InChI is InChI=1S/C14H22FN3O/c1-4-18(9-5-8-17(2)3)14(19)11-6-7-12(15)13(16)10-11/h6-7,10H,4-5,8-9,16H2,1-3H3. The molecule has 19 heavy (non-hydrogen) atoms. The molecule has 1 amide bonds. The average Bonchev–Trinajstić information content (AvgIpc) is 2.37. The fourth-order valence-electron chi connectivity index (χ4n) is 1.84. The fraction of sp³-hybridized carbons (Fsp3) is 0.500. The number of hydrogen-bond donors (Lipinski definition) is 1. The smallest absolute Gasteiger partial charge is 0.253 e. The Morgan fingerprint density at radius 3 is 2.53 bits per heavy atom. The van der Waals surface area contributed by atoms with Gasteiger partial charge in [0.15, 0.2) is 0 Å². The topological polar surface area (TPSA) is 49.6 Å². The molecule has 0 unspecified atom stereocenters. The Labute approximate surface area is 114 Å². The van der Waals surface area contributed by atoms with Crippen LogP contribution in [0.25, 0.3) is 0 Å². The summed E-state index contributed by atoms with van der Waals surface area (Å²) in [5, 5.41) is 0. The normalized spacial score (nSPS) is 10.8. The van der Waals surface area contributed by atoms with E-state index in [2.05, 4.69) is 4.90 Å². The first-order valence-corrected chi connectivity index (χ1v) is 6.44. The van der Waals surface area contributed by atoms with Gasteiger partial charge in [-0.15, -0.1) is 0 Å². The van der Waals surface area contributed by atoms with E-state index >= 15 is 0 Å². The molecule has 0 aliphatic heterocycles. The van der Waals surface area contributed by atoms with E-state index in [0.717, 1.165) is 13.0 Å². The van der Waals surface area contributed by atoms with Crippen LogP contribution in [0.4, 0.5) is 10.1 Å². The molecule has 1 aromatic rings. The lowest BCUT2D eigenvalue weighted by Gasteiger charge is -2.22. The van der Waals surface area contributed by atoms with Crippen LogP contribution in [0.2, 0.25) is 0 Å². The molecule has 0 fully saturated rings. The summed E-state index contributed by atoms with van der Waals surface area (Å²) >= 11 is 0. The second-order valence-electron chi connectivity index (χ2n) is 4.78. The van der Waals surface area contributed by atoms with E-state index in [1.807, 2.05) is 21.0 Å². The van der Waals surface area contributed by atoms with Crippen LogP contribution >= 0.6 is 0 Å². The van der Waals surface area contributed by atoms with E-state index in [9.17, 15) is 9.18 Å².